The highest BCUT2D eigenvalue weighted by atomic mass is 16.3. The Morgan fingerprint density at radius 3 is 2.34 bits per heavy atom. The zero-order valence-corrected chi connectivity index (χ0v) is 20.1. The van der Waals surface area contributed by atoms with Crippen molar-refractivity contribution >= 4 is 17.7 Å². The molecule has 3 aromatic rings. The second kappa shape index (κ2) is 11.0. The molecule has 35 heavy (non-hydrogen) atoms. The van der Waals surface area contributed by atoms with Crippen LogP contribution in [0.5, 0.6) is 0 Å². The van der Waals surface area contributed by atoms with Crippen LogP contribution >= 0.6 is 0 Å². The first kappa shape index (κ1) is 24.3. The van der Waals surface area contributed by atoms with Gasteiger partial charge in [-0.2, -0.15) is 0 Å². The van der Waals surface area contributed by atoms with E-state index in [1.54, 1.807) is 30.5 Å². The van der Waals surface area contributed by atoms with E-state index in [-0.39, 0.29) is 30.2 Å². The number of piperidine rings is 1. The van der Waals surface area contributed by atoms with Crippen molar-refractivity contribution in [1.29, 1.82) is 0 Å². The van der Waals surface area contributed by atoms with Crippen LogP contribution in [0.15, 0.2) is 71.3 Å². The predicted octanol–water partition coefficient (Wildman–Crippen LogP) is 3.86. The Morgan fingerprint density at radius 1 is 0.943 bits per heavy atom. The maximum Gasteiger partial charge on any atom is 0.253 e. The molecule has 0 radical (unpaired) electrons. The maximum atomic E-state index is 13.2. The molecule has 0 spiro atoms. The van der Waals surface area contributed by atoms with Gasteiger partial charge in [0.2, 0.25) is 5.91 Å². The first-order chi connectivity index (χ1) is 16.9. The number of nitrogens with one attached hydrogen (secondary N) is 2. The molecule has 0 aliphatic carbocycles. The summed E-state index contributed by atoms with van der Waals surface area (Å²) in [6.07, 6.45) is 2.79. The maximum absolute atomic E-state index is 13.2. The van der Waals surface area contributed by atoms with Crippen LogP contribution in [0, 0.1) is 19.8 Å². The van der Waals surface area contributed by atoms with Crippen LogP contribution in [0.2, 0.25) is 0 Å². The topological polar surface area (TPSA) is 91.7 Å². The van der Waals surface area contributed by atoms with Gasteiger partial charge < -0.3 is 20.0 Å². The Labute approximate surface area is 205 Å². The van der Waals surface area contributed by atoms with Crippen LogP contribution in [-0.2, 0) is 11.3 Å². The summed E-state index contributed by atoms with van der Waals surface area (Å²) >= 11 is 0. The molecule has 3 amide bonds. The van der Waals surface area contributed by atoms with Crippen molar-refractivity contribution in [2.45, 2.75) is 39.3 Å². The van der Waals surface area contributed by atoms with Crippen LogP contribution in [0.3, 0.4) is 0 Å². The summed E-state index contributed by atoms with van der Waals surface area (Å²) in [6.45, 7) is 5.21. The van der Waals surface area contributed by atoms with Gasteiger partial charge in [0.05, 0.1) is 12.8 Å². The fourth-order valence-electron chi connectivity index (χ4n) is 4.42. The van der Waals surface area contributed by atoms with E-state index in [2.05, 4.69) is 10.6 Å². The summed E-state index contributed by atoms with van der Waals surface area (Å²) in [5.74, 6) is -0.00940. The lowest BCUT2D eigenvalue weighted by atomic mass is 9.88. The van der Waals surface area contributed by atoms with Gasteiger partial charge in [0.25, 0.3) is 11.8 Å². The zero-order chi connectivity index (χ0) is 24.8. The molecule has 1 unspecified atom stereocenters. The largest absolute Gasteiger partial charge is 0.467 e. The molecule has 4 rings (SSSR count). The molecule has 2 N–H and O–H groups in total. The van der Waals surface area contributed by atoms with Crippen LogP contribution < -0.4 is 10.6 Å². The van der Waals surface area contributed by atoms with E-state index in [4.69, 9.17) is 4.42 Å². The summed E-state index contributed by atoms with van der Waals surface area (Å²) in [7, 11) is 0. The van der Waals surface area contributed by atoms with E-state index in [9.17, 15) is 14.4 Å². The number of carbonyl (C=O) groups excluding carboxylic acids is 3. The lowest BCUT2D eigenvalue weighted by Crippen LogP contribution is -2.53. The van der Waals surface area contributed by atoms with Gasteiger partial charge in [0.15, 0.2) is 0 Å². The van der Waals surface area contributed by atoms with E-state index in [1.807, 2.05) is 55.1 Å². The smallest absolute Gasteiger partial charge is 0.253 e. The molecular weight excluding hydrogens is 442 g/mol. The highest BCUT2D eigenvalue weighted by Crippen LogP contribution is 2.23. The van der Waals surface area contributed by atoms with E-state index < -0.39 is 6.04 Å². The third-order valence-corrected chi connectivity index (χ3v) is 6.46. The first-order valence-electron chi connectivity index (χ1n) is 11.9. The summed E-state index contributed by atoms with van der Waals surface area (Å²) in [5, 5.41) is 5.84. The fourth-order valence-corrected chi connectivity index (χ4v) is 4.42. The number of aryl methyl sites for hydroxylation is 2. The molecule has 2 heterocycles. The molecule has 1 aliphatic heterocycles. The average molecular weight is 474 g/mol. The quantitative estimate of drug-likeness (QED) is 0.545. The minimum atomic E-state index is -0.713. The number of amides is 3. The van der Waals surface area contributed by atoms with Crippen LogP contribution in [0.4, 0.5) is 0 Å². The molecule has 1 aliphatic rings. The van der Waals surface area contributed by atoms with Gasteiger partial charge in [-0.1, -0.05) is 35.4 Å². The van der Waals surface area contributed by atoms with Gasteiger partial charge in [0, 0.05) is 24.2 Å². The third-order valence-electron chi connectivity index (χ3n) is 6.46. The minimum Gasteiger partial charge on any atom is -0.467 e. The number of rotatable bonds is 7. The molecule has 1 atom stereocenters. The number of nitrogens with zero attached hydrogens (tertiary/aromatic N) is 1. The average Bonchev–Trinajstić information content (AvgIpc) is 3.40. The van der Waals surface area contributed by atoms with Crippen molar-refractivity contribution in [3.63, 3.8) is 0 Å². The Bertz CT molecular complexity index is 1160. The molecule has 2 aromatic carbocycles. The zero-order valence-electron chi connectivity index (χ0n) is 20.1. The molecule has 1 aromatic heterocycles. The van der Waals surface area contributed by atoms with E-state index in [0.717, 1.165) is 11.1 Å². The van der Waals surface area contributed by atoms with Crippen LogP contribution in [0.25, 0.3) is 0 Å². The van der Waals surface area contributed by atoms with Crippen LogP contribution in [0.1, 0.15) is 50.4 Å². The third kappa shape index (κ3) is 6.18. The Balaban J connectivity index is 1.44. The van der Waals surface area contributed by atoms with E-state index in [1.165, 1.54) is 0 Å². The standard InChI is InChI=1S/C28H31N3O4/c1-19-8-10-22(11-9-19)28(34)31-14-12-21(13-15-31)25(27(33)29-18-24-7-4-16-35-24)30-26(32)23-6-3-5-20(2)17-23/h3-11,16-17,21,25H,12-15,18H2,1-2H3,(H,29,33)(H,30,32). The second-order valence-corrected chi connectivity index (χ2v) is 9.11. The first-order valence-corrected chi connectivity index (χ1v) is 11.9. The van der Waals surface area contributed by atoms with Crippen molar-refractivity contribution in [2.24, 2.45) is 5.92 Å². The molecule has 7 nitrogen and oxygen atoms in total. The summed E-state index contributed by atoms with van der Waals surface area (Å²) in [6, 6.07) is 17.7. The fraction of sp³-hybridized carbons (Fsp3) is 0.321. The molecule has 1 saturated heterocycles. The number of hydrogen-bond acceptors (Lipinski definition) is 4. The summed E-state index contributed by atoms with van der Waals surface area (Å²) in [5.41, 5.74) is 3.25. The number of carbonyl (C=O) groups is 3. The Hall–Kier alpha value is -3.87. The summed E-state index contributed by atoms with van der Waals surface area (Å²) < 4.78 is 5.32. The van der Waals surface area contributed by atoms with Crippen LogP contribution in [-0.4, -0.2) is 41.8 Å². The van der Waals surface area contributed by atoms with Gasteiger partial charge in [-0.25, -0.2) is 0 Å². The number of furan rings is 1. The second-order valence-electron chi connectivity index (χ2n) is 9.11. The minimum absolute atomic E-state index is 0.00827. The highest BCUT2D eigenvalue weighted by Gasteiger charge is 2.34. The van der Waals surface area contributed by atoms with E-state index >= 15 is 0 Å². The van der Waals surface area contributed by atoms with Crippen molar-refractivity contribution in [2.75, 3.05) is 13.1 Å². The van der Waals surface area contributed by atoms with Crippen molar-refractivity contribution < 1.29 is 18.8 Å². The highest BCUT2D eigenvalue weighted by molar-refractivity contribution is 5.98. The van der Waals surface area contributed by atoms with E-state index in [0.29, 0.717) is 42.8 Å². The lowest BCUT2D eigenvalue weighted by Gasteiger charge is -2.36. The van der Waals surface area contributed by atoms with Gasteiger partial charge in [-0.15, -0.1) is 0 Å². The van der Waals surface area contributed by atoms with Crippen molar-refractivity contribution in [3.05, 3.63) is 94.9 Å². The SMILES string of the molecule is Cc1ccc(C(=O)N2CCC(C(NC(=O)c3cccc(C)c3)C(=O)NCc3ccco3)CC2)cc1. The van der Waals surface area contributed by atoms with Crippen molar-refractivity contribution in [3.8, 4) is 0 Å². The number of likely N-dealkylation sites (tertiary alicyclic amines) is 1. The molecule has 1 fully saturated rings. The van der Waals surface area contributed by atoms with Gasteiger partial charge in [-0.05, 0) is 69.0 Å². The van der Waals surface area contributed by atoms with Gasteiger partial charge >= 0.3 is 0 Å². The molecule has 0 saturated carbocycles. The Morgan fingerprint density at radius 2 is 1.69 bits per heavy atom. The molecule has 7 heteroatoms. The number of hydrogen-bond donors (Lipinski definition) is 2. The van der Waals surface area contributed by atoms with Gasteiger partial charge in [0.1, 0.15) is 11.8 Å². The van der Waals surface area contributed by atoms with Crippen molar-refractivity contribution in [1.82, 2.24) is 15.5 Å². The normalized spacial score (nSPS) is 14.9. The Kier molecular flexibility index (Phi) is 7.65. The monoisotopic (exact) mass is 473 g/mol. The molecule has 0 bridgehead atoms. The molecular formula is C28H31N3O4. The lowest BCUT2D eigenvalue weighted by molar-refractivity contribution is -0.124. The predicted molar refractivity (Wildman–Crippen MR) is 133 cm³/mol. The van der Waals surface area contributed by atoms with Gasteiger partial charge in [-0.3, -0.25) is 14.4 Å². The summed E-state index contributed by atoms with van der Waals surface area (Å²) in [4.78, 5) is 40.9. The molecule has 182 valence electrons. The number of benzene rings is 2.